The Kier molecular flexibility index (Phi) is 19.0. The molecule has 0 saturated carbocycles. The van der Waals surface area contributed by atoms with Crippen LogP contribution in [-0.4, -0.2) is 0 Å². The average Bonchev–Trinajstić information content (AvgIpc) is 2.79. The summed E-state index contributed by atoms with van der Waals surface area (Å²) in [5.74, 6) is 0. The Morgan fingerprint density at radius 2 is 2.06 bits per heavy atom. The molecule has 0 amide bonds. The van der Waals surface area contributed by atoms with E-state index >= 15 is 0 Å². The molecule has 0 unspecified atom stereocenters. The molecule has 0 N–H and O–H groups in total. The minimum Gasteiger partial charge on any atom is -1.00 e. The fraction of sp³-hybridized carbons (Fsp3) is 0.357. The topological polar surface area (TPSA) is 0 Å². The summed E-state index contributed by atoms with van der Waals surface area (Å²) in [4.78, 5) is 0. The average molecular weight is 348 g/mol. The first-order chi connectivity index (χ1) is 6.83. The van der Waals surface area contributed by atoms with Gasteiger partial charge in [0.25, 0.3) is 0 Å². The van der Waals surface area contributed by atoms with E-state index in [1.54, 1.807) is 0 Å². The van der Waals surface area contributed by atoms with E-state index in [-0.39, 0.29) is 51.0 Å². The van der Waals surface area contributed by atoms with Crippen LogP contribution >= 0.6 is 0 Å². The molecule has 2 rings (SSSR count). The second-order valence-electron chi connectivity index (χ2n) is 3.55. The molecule has 1 aromatic rings. The van der Waals surface area contributed by atoms with Gasteiger partial charge in [-0.25, -0.2) is 18.2 Å². The molecule has 0 spiro atoms. The fourth-order valence-electron chi connectivity index (χ4n) is 1.41. The maximum atomic E-state index is 2.99. The summed E-state index contributed by atoms with van der Waals surface area (Å²) >= 11 is 0. The SMILES string of the molecule is CCCc1cc[c-](C)c1.[C-]1=CC=CC1.[Cl-].[Cl-].[Zr+4]. The van der Waals surface area contributed by atoms with Crippen LogP contribution in [0.4, 0.5) is 0 Å². The minimum absolute atomic E-state index is 0. The van der Waals surface area contributed by atoms with E-state index in [4.69, 9.17) is 0 Å². The Balaban J connectivity index is -0.000000216. The molecule has 0 fully saturated rings. The van der Waals surface area contributed by atoms with Gasteiger partial charge in [0.15, 0.2) is 0 Å². The van der Waals surface area contributed by atoms with E-state index in [0.29, 0.717) is 0 Å². The molecule has 92 valence electrons. The van der Waals surface area contributed by atoms with Crippen molar-refractivity contribution < 1.29 is 51.0 Å². The van der Waals surface area contributed by atoms with Crippen molar-refractivity contribution >= 4 is 0 Å². The summed E-state index contributed by atoms with van der Waals surface area (Å²) in [7, 11) is 0. The van der Waals surface area contributed by atoms with Crippen molar-refractivity contribution in [2.24, 2.45) is 0 Å². The number of aryl methyl sites for hydroxylation is 2. The molecule has 0 heterocycles. The number of hydrogen-bond donors (Lipinski definition) is 0. The van der Waals surface area contributed by atoms with E-state index in [1.807, 2.05) is 12.2 Å². The first-order valence-electron chi connectivity index (χ1n) is 5.27. The third-order valence-electron chi connectivity index (χ3n) is 2.10. The number of halogens is 2. The smallest absolute Gasteiger partial charge is 1.00 e. The van der Waals surface area contributed by atoms with Gasteiger partial charge < -0.3 is 24.8 Å². The van der Waals surface area contributed by atoms with Crippen LogP contribution in [0.5, 0.6) is 0 Å². The Morgan fingerprint density at radius 1 is 1.35 bits per heavy atom. The van der Waals surface area contributed by atoms with Crippen molar-refractivity contribution in [1.29, 1.82) is 0 Å². The summed E-state index contributed by atoms with van der Waals surface area (Å²) in [6, 6.07) is 6.63. The molecule has 0 aromatic heterocycles. The Bertz CT molecular complexity index is 304. The molecule has 0 atom stereocenters. The molecule has 1 aliphatic rings. The van der Waals surface area contributed by atoms with E-state index in [1.165, 1.54) is 24.0 Å². The van der Waals surface area contributed by atoms with E-state index < -0.39 is 0 Å². The van der Waals surface area contributed by atoms with Gasteiger partial charge in [-0.1, -0.05) is 26.7 Å². The second kappa shape index (κ2) is 14.4. The summed E-state index contributed by atoms with van der Waals surface area (Å²) < 4.78 is 0. The van der Waals surface area contributed by atoms with Gasteiger partial charge in [-0.2, -0.15) is 29.3 Å². The van der Waals surface area contributed by atoms with Crippen LogP contribution < -0.4 is 24.8 Å². The zero-order valence-corrected chi connectivity index (χ0v) is 14.3. The fourth-order valence-corrected chi connectivity index (χ4v) is 1.41. The molecule has 1 aliphatic carbocycles. The zero-order valence-electron chi connectivity index (χ0n) is 10.3. The van der Waals surface area contributed by atoms with E-state index in [0.717, 1.165) is 6.42 Å². The van der Waals surface area contributed by atoms with Gasteiger partial charge in [0.2, 0.25) is 0 Å². The van der Waals surface area contributed by atoms with Gasteiger partial charge >= 0.3 is 26.2 Å². The Labute approximate surface area is 137 Å². The quantitative estimate of drug-likeness (QED) is 0.542. The van der Waals surface area contributed by atoms with Crippen molar-refractivity contribution in [3.8, 4) is 0 Å². The third-order valence-corrected chi connectivity index (χ3v) is 2.10. The molecule has 0 bridgehead atoms. The van der Waals surface area contributed by atoms with E-state index in [9.17, 15) is 0 Å². The maximum absolute atomic E-state index is 2.99. The van der Waals surface area contributed by atoms with Crippen LogP contribution in [0.3, 0.4) is 0 Å². The Morgan fingerprint density at radius 3 is 2.35 bits per heavy atom. The van der Waals surface area contributed by atoms with Gasteiger partial charge in [-0.15, -0.1) is 6.42 Å². The van der Waals surface area contributed by atoms with Crippen molar-refractivity contribution in [3.05, 3.63) is 53.6 Å². The van der Waals surface area contributed by atoms with Crippen LogP contribution in [0, 0.1) is 13.0 Å². The third kappa shape index (κ3) is 11.1. The largest absolute Gasteiger partial charge is 4.00 e. The van der Waals surface area contributed by atoms with Crippen molar-refractivity contribution in [1.82, 2.24) is 0 Å². The normalized spacial score (nSPS) is 10.5. The summed E-state index contributed by atoms with van der Waals surface area (Å²) in [5, 5.41) is 0. The molecule has 0 radical (unpaired) electrons. The summed E-state index contributed by atoms with van der Waals surface area (Å²) in [6.07, 6.45) is 12.5. The van der Waals surface area contributed by atoms with Crippen molar-refractivity contribution in [3.63, 3.8) is 0 Å². The van der Waals surface area contributed by atoms with Crippen LogP contribution in [0.15, 0.2) is 36.4 Å². The van der Waals surface area contributed by atoms with Crippen LogP contribution in [0.25, 0.3) is 0 Å². The second-order valence-corrected chi connectivity index (χ2v) is 3.55. The first-order valence-corrected chi connectivity index (χ1v) is 5.27. The van der Waals surface area contributed by atoms with Crippen molar-refractivity contribution in [2.45, 2.75) is 33.1 Å². The minimum atomic E-state index is 0. The predicted octanol–water partition coefficient (Wildman–Crippen LogP) is -2.02. The molecule has 1 aromatic carbocycles. The van der Waals surface area contributed by atoms with Gasteiger partial charge in [0.1, 0.15) is 0 Å². The zero-order chi connectivity index (χ0) is 10.2. The number of hydrogen-bond acceptors (Lipinski definition) is 0. The van der Waals surface area contributed by atoms with Crippen LogP contribution in [0.1, 0.15) is 30.9 Å². The number of allylic oxidation sites excluding steroid dienone is 4. The molecule has 0 saturated heterocycles. The molecular weight excluding hydrogens is 330 g/mol. The first kappa shape index (κ1) is 22.5. The molecule has 0 aliphatic heterocycles. The standard InChI is InChI=1S/C9H13.C5H5.2ClH.Zr/c1-3-4-9-6-5-8(2)7-9;1-2-4-5-3-1;;;/h5-7H,3-4H2,1-2H3;1-3H,4H2;2*1H;/q2*-1;;;+4/p-2. The monoisotopic (exact) mass is 346 g/mol. The van der Waals surface area contributed by atoms with Gasteiger partial charge in [-0.05, 0) is 0 Å². The van der Waals surface area contributed by atoms with Crippen molar-refractivity contribution in [2.75, 3.05) is 0 Å². The molecule has 17 heavy (non-hydrogen) atoms. The van der Waals surface area contributed by atoms with Crippen LogP contribution in [-0.2, 0) is 32.6 Å². The summed E-state index contributed by atoms with van der Waals surface area (Å²) in [5.41, 5.74) is 2.87. The molecular formula is C14H18Cl2Zr. The van der Waals surface area contributed by atoms with Gasteiger partial charge in [0, 0.05) is 0 Å². The van der Waals surface area contributed by atoms with Gasteiger partial charge in [0.05, 0.1) is 0 Å². The Hall–Kier alpha value is 0.293. The van der Waals surface area contributed by atoms with Gasteiger partial charge in [-0.3, -0.25) is 6.08 Å². The molecule has 3 heteroatoms. The predicted molar refractivity (Wildman–Crippen MR) is 62.3 cm³/mol. The number of rotatable bonds is 2. The maximum Gasteiger partial charge on any atom is 4.00 e. The van der Waals surface area contributed by atoms with Crippen LogP contribution in [0.2, 0.25) is 0 Å². The summed E-state index contributed by atoms with van der Waals surface area (Å²) in [6.45, 7) is 4.35. The van der Waals surface area contributed by atoms with E-state index in [2.05, 4.69) is 44.2 Å². The molecule has 0 nitrogen and oxygen atoms in total.